The molecule has 0 aromatic heterocycles. The highest BCUT2D eigenvalue weighted by Gasteiger charge is 2.37. The average Bonchev–Trinajstić information content (AvgIpc) is 2.98. The summed E-state index contributed by atoms with van der Waals surface area (Å²) in [5.41, 5.74) is 4.16. The molecule has 2 aromatic rings. The summed E-state index contributed by atoms with van der Waals surface area (Å²) in [6.45, 7) is 9.93. The van der Waals surface area contributed by atoms with E-state index in [4.69, 9.17) is 23.2 Å². The minimum Gasteiger partial charge on any atom is -0.366 e. The molecule has 0 aliphatic carbocycles. The Kier molecular flexibility index (Phi) is 5.99. The van der Waals surface area contributed by atoms with Crippen molar-refractivity contribution in [2.24, 2.45) is 0 Å². The van der Waals surface area contributed by atoms with Crippen molar-refractivity contribution in [3.05, 3.63) is 68.8 Å². The van der Waals surface area contributed by atoms with Crippen molar-refractivity contribution in [3.63, 3.8) is 0 Å². The first kappa shape index (κ1) is 22.7. The molecule has 2 aromatic carbocycles. The number of halogens is 2. The van der Waals surface area contributed by atoms with Gasteiger partial charge in [-0.05, 0) is 80.1 Å². The highest BCUT2D eigenvalue weighted by Crippen LogP contribution is 2.45. The number of nitrogens with one attached hydrogen (secondary N) is 1. The standard InChI is InChI=1S/C25H27Cl2N3O2/c1-5-30-22-12-20(27)17(10-19(22)15(2)13-25(30,3)4)11-21-23(31)29(24(32)28-21)14-16-6-8-18(26)9-7-16/h6-12,15H,5,13-14H2,1-4H3,(H,28,32)/b21-11+. The van der Waals surface area contributed by atoms with Gasteiger partial charge in [-0.2, -0.15) is 0 Å². The molecule has 4 rings (SSSR count). The van der Waals surface area contributed by atoms with Crippen LogP contribution in [-0.4, -0.2) is 28.9 Å². The van der Waals surface area contributed by atoms with E-state index in [1.807, 2.05) is 6.07 Å². The Bertz CT molecular complexity index is 1110. The Morgan fingerprint density at radius 3 is 2.50 bits per heavy atom. The number of benzene rings is 2. The van der Waals surface area contributed by atoms with Crippen LogP contribution in [0.25, 0.3) is 6.08 Å². The van der Waals surface area contributed by atoms with Crippen molar-refractivity contribution in [3.8, 4) is 0 Å². The van der Waals surface area contributed by atoms with Crippen LogP contribution in [0.5, 0.6) is 0 Å². The molecular formula is C25H27Cl2N3O2. The fourth-order valence-electron chi connectivity index (χ4n) is 4.87. The molecule has 2 aliphatic heterocycles. The van der Waals surface area contributed by atoms with Gasteiger partial charge in [0.2, 0.25) is 0 Å². The third-order valence-electron chi connectivity index (χ3n) is 6.34. The van der Waals surface area contributed by atoms with Gasteiger partial charge in [-0.1, -0.05) is 42.3 Å². The van der Waals surface area contributed by atoms with Crippen LogP contribution in [-0.2, 0) is 11.3 Å². The van der Waals surface area contributed by atoms with Crippen LogP contribution >= 0.6 is 23.2 Å². The smallest absolute Gasteiger partial charge is 0.329 e. The first-order chi connectivity index (χ1) is 15.1. The highest BCUT2D eigenvalue weighted by atomic mass is 35.5. The van der Waals surface area contributed by atoms with Gasteiger partial charge in [0, 0.05) is 27.8 Å². The Morgan fingerprint density at radius 1 is 1.16 bits per heavy atom. The zero-order valence-electron chi connectivity index (χ0n) is 18.7. The van der Waals surface area contributed by atoms with E-state index < -0.39 is 6.03 Å². The molecule has 7 heteroatoms. The maximum atomic E-state index is 12.9. The van der Waals surface area contributed by atoms with Crippen LogP contribution in [0.15, 0.2) is 42.1 Å². The molecule has 0 saturated carbocycles. The summed E-state index contributed by atoms with van der Waals surface area (Å²) >= 11 is 12.6. The maximum absolute atomic E-state index is 12.9. The number of nitrogens with zero attached hydrogens (tertiary/aromatic N) is 2. The molecule has 1 unspecified atom stereocenters. The van der Waals surface area contributed by atoms with Gasteiger partial charge in [-0.15, -0.1) is 0 Å². The lowest BCUT2D eigenvalue weighted by Crippen LogP contribution is -2.48. The molecular weight excluding hydrogens is 445 g/mol. The second kappa shape index (κ2) is 8.45. The molecule has 168 valence electrons. The van der Waals surface area contributed by atoms with Crippen molar-refractivity contribution >= 4 is 46.9 Å². The number of hydrogen-bond donors (Lipinski definition) is 1. The lowest BCUT2D eigenvalue weighted by molar-refractivity contribution is -0.123. The van der Waals surface area contributed by atoms with Gasteiger partial charge in [-0.25, -0.2) is 4.79 Å². The molecule has 1 fully saturated rings. The number of amides is 3. The normalized spacial score (nSPS) is 21.2. The third-order valence-corrected chi connectivity index (χ3v) is 6.92. The SMILES string of the molecule is CCN1c2cc(Cl)c(/C=C3/NC(=O)N(Cc4ccc(Cl)cc4)C3=O)cc2C(C)CC1(C)C. The zero-order chi connectivity index (χ0) is 23.2. The molecule has 0 radical (unpaired) electrons. The van der Waals surface area contributed by atoms with Gasteiger partial charge in [0.1, 0.15) is 5.70 Å². The number of carbonyl (C=O) groups is 2. The van der Waals surface area contributed by atoms with Gasteiger partial charge < -0.3 is 10.2 Å². The molecule has 32 heavy (non-hydrogen) atoms. The predicted molar refractivity (Wildman–Crippen MR) is 130 cm³/mol. The summed E-state index contributed by atoms with van der Waals surface area (Å²) in [4.78, 5) is 29.0. The van der Waals surface area contributed by atoms with Gasteiger partial charge in [0.15, 0.2) is 0 Å². The lowest BCUT2D eigenvalue weighted by Gasteiger charge is -2.47. The van der Waals surface area contributed by atoms with Crippen LogP contribution in [0, 0.1) is 0 Å². The Hall–Kier alpha value is -2.50. The number of hydrogen-bond acceptors (Lipinski definition) is 3. The summed E-state index contributed by atoms with van der Waals surface area (Å²) in [7, 11) is 0. The van der Waals surface area contributed by atoms with Gasteiger partial charge >= 0.3 is 6.03 Å². The average molecular weight is 472 g/mol. The summed E-state index contributed by atoms with van der Waals surface area (Å²) in [5, 5.41) is 3.85. The number of fused-ring (bicyclic) bond motifs is 1. The number of imide groups is 1. The molecule has 1 saturated heterocycles. The van der Waals surface area contributed by atoms with E-state index in [9.17, 15) is 9.59 Å². The predicted octanol–water partition coefficient (Wildman–Crippen LogP) is 6.20. The number of carbonyl (C=O) groups excluding carboxylic acids is 2. The minimum absolute atomic E-state index is 0.0437. The van der Waals surface area contributed by atoms with Crippen molar-refractivity contribution in [2.75, 3.05) is 11.4 Å². The third kappa shape index (κ3) is 4.12. The van der Waals surface area contributed by atoms with Crippen LogP contribution in [0.4, 0.5) is 10.5 Å². The zero-order valence-corrected chi connectivity index (χ0v) is 20.2. The maximum Gasteiger partial charge on any atom is 0.329 e. The largest absolute Gasteiger partial charge is 0.366 e. The summed E-state index contributed by atoms with van der Waals surface area (Å²) < 4.78 is 0. The second-order valence-corrected chi connectivity index (χ2v) is 9.94. The molecule has 0 spiro atoms. The van der Waals surface area contributed by atoms with Crippen molar-refractivity contribution < 1.29 is 9.59 Å². The van der Waals surface area contributed by atoms with E-state index in [1.54, 1.807) is 30.3 Å². The van der Waals surface area contributed by atoms with Crippen molar-refractivity contribution in [1.29, 1.82) is 0 Å². The lowest BCUT2D eigenvalue weighted by atomic mass is 9.79. The molecule has 3 amide bonds. The van der Waals surface area contributed by atoms with Crippen molar-refractivity contribution in [2.45, 2.75) is 52.1 Å². The number of urea groups is 1. The van der Waals surface area contributed by atoms with Gasteiger partial charge in [0.05, 0.1) is 6.54 Å². The van der Waals surface area contributed by atoms with E-state index in [2.05, 4.69) is 44.0 Å². The van der Waals surface area contributed by atoms with Gasteiger partial charge in [0.25, 0.3) is 5.91 Å². The Morgan fingerprint density at radius 2 is 1.84 bits per heavy atom. The molecule has 1 atom stereocenters. The first-order valence-corrected chi connectivity index (χ1v) is 11.6. The van der Waals surface area contributed by atoms with Crippen LogP contribution in [0.1, 0.15) is 56.7 Å². The van der Waals surface area contributed by atoms with Crippen LogP contribution in [0.2, 0.25) is 10.0 Å². The van der Waals surface area contributed by atoms with Crippen LogP contribution in [0.3, 0.4) is 0 Å². The quantitative estimate of drug-likeness (QED) is 0.426. The summed E-state index contributed by atoms with van der Waals surface area (Å²) in [5.74, 6) is -0.0180. The van der Waals surface area contributed by atoms with E-state index in [-0.39, 0.29) is 23.7 Å². The molecule has 0 bridgehead atoms. The molecule has 5 nitrogen and oxygen atoms in total. The second-order valence-electron chi connectivity index (χ2n) is 9.10. The fraction of sp³-hybridized carbons (Fsp3) is 0.360. The molecule has 2 aliphatic rings. The van der Waals surface area contributed by atoms with Crippen molar-refractivity contribution in [1.82, 2.24) is 10.2 Å². The Balaban J connectivity index is 1.64. The minimum atomic E-state index is -0.447. The van der Waals surface area contributed by atoms with E-state index in [0.29, 0.717) is 16.0 Å². The fourth-order valence-corrected chi connectivity index (χ4v) is 5.21. The van der Waals surface area contributed by atoms with Gasteiger partial charge in [-0.3, -0.25) is 9.69 Å². The summed E-state index contributed by atoms with van der Waals surface area (Å²) in [6.07, 6.45) is 2.70. The molecule has 2 heterocycles. The van der Waals surface area contributed by atoms with E-state index in [0.717, 1.165) is 29.8 Å². The van der Waals surface area contributed by atoms with E-state index in [1.165, 1.54) is 10.5 Å². The number of rotatable bonds is 4. The number of anilines is 1. The first-order valence-electron chi connectivity index (χ1n) is 10.8. The monoisotopic (exact) mass is 471 g/mol. The Labute approximate surface area is 199 Å². The summed E-state index contributed by atoms with van der Waals surface area (Å²) in [6, 6.07) is 10.7. The highest BCUT2D eigenvalue weighted by molar-refractivity contribution is 6.32. The van der Waals surface area contributed by atoms with E-state index >= 15 is 0 Å². The topological polar surface area (TPSA) is 52.7 Å². The molecule has 1 N–H and O–H groups in total. The van der Waals surface area contributed by atoms with Crippen LogP contribution < -0.4 is 10.2 Å².